The zero-order chi connectivity index (χ0) is 18.4. The van der Waals surface area contributed by atoms with E-state index in [1.165, 1.54) is 32.1 Å². The van der Waals surface area contributed by atoms with Gasteiger partial charge in [-0.2, -0.15) is 0 Å². The Morgan fingerprint density at radius 3 is 2.16 bits per heavy atom. The van der Waals surface area contributed by atoms with Crippen LogP contribution in [0.15, 0.2) is 30.3 Å². The van der Waals surface area contributed by atoms with Crippen molar-refractivity contribution in [3.8, 4) is 5.75 Å². The number of carbonyl (C=O) groups excluding carboxylic acids is 1. The maximum absolute atomic E-state index is 12.6. The molecule has 0 saturated carbocycles. The van der Waals surface area contributed by atoms with E-state index in [0.29, 0.717) is 25.4 Å². The summed E-state index contributed by atoms with van der Waals surface area (Å²) in [5, 5.41) is 0. The summed E-state index contributed by atoms with van der Waals surface area (Å²) in [6.07, 6.45) is 8.68. The van der Waals surface area contributed by atoms with Crippen LogP contribution in [-0.4, -0.2) is 25.0 Å². The fourth-order valence-electron chi connectivity index (χ4n) is 2.69. The molecule has 1 aromatic rings. The van der Waals surface area contributed by atoms with E-state index >= 15 is 0 Å². The van der Waals surface area contributed by atoms with Crippen molar-refractivity contribution >= 4 is 5.97 Å². The van der Waals surface area contributed by atoms with Crippen molar-refractivity contribution in [1.29, 1.82) is 0 Å². The Morgan fingerprint density at radius 1 is 0.920 bits per heavy atom. The molecular weight excluding hydrogens is 316 g/mol. The molecule has 0 saturated heterocycles. The van der Waals surface area contributed by atoms with Crippen molar-refractivity contribution < 1.29 is 19.0 Å². The van der Waals surface area contributed by atoms with Crippen molar-refractivity contribution in [3.63, 3.8) is 0 Å². The van der Waals surface area contributed by atoms with Crippen LogP contribution >= 0.6 is 0 Å². The third-order valence-electron chi connectivity index (χ3n) is 4.16. The molecule has 0 N–H and O–H groups in total. The molecule has 0 fully saturated rings. The molecule has 142 valence electrons. The minimum absolute atomic E-state index is 0.382. The maximum Gasteiger partial charge on any atom is 0.379 e. The molecule has 1 rings (SSSR count). The summed E-state index contributed by atoms with van der Waals surface area (Å²) >= 11 is 0. The van der Waals surface area contributed by atoms with Gasteiger partial charge in [0.15, 0.2) is 0 Å². The molecule has 0 amide bonds. The topological polar surface area (TPSA) is 44.8 Å². The van der Waals surface area contributed by atoms with Crippen LogP contribution in [0.5, 0.6) is 5.75 Å². The Labute approximate surface area is 152 Å². The van der Waals surface area contributed by atoms with Crippen LogP contribution in [-0.2, 0) is 14.3 Å². The van der Waals surface area contributed by atoms with E-state index in [-0.39, 0.29) is 0 Å². The number of benzene rings is 1. The fraction of sp³-hybridized carbons (Fsp3) is 0.667. The van der Waals surface area contributed by atoms with Crippen molar-refractivity contribution in [2.45, 2.75) is 77.9 Å². The number of carbonyl (C=O) groups is 1. The molecule has 0 aliphatic carbocycles. The maximum atomic E-state index is 12.6. The van der Waals surface area contributed by atoms with Crippen LogP contribution in [0.3, 0.4) is 0 Å². The molecule has 1 atom stereocenters. The summed E-state index contributed by atoms with van der Waals surface area (Å²) in [6.45, 7) is 6.73. The Hall–Kier alpha value is -1.55. The Kier molecular flexibility index (Phi) is 11.0. The zero-order valence-electron chi connectivity index (χ0n) is 16.1. The molecule has 4 heteroatoms. The molecule has 0 aliphatic heterocycles. The number of para-hydroxylation sites is 1. The van der Waals surface area contributed by atoms with Gasteiger partial charge in [-0.1, -0.05) is 70.6 Å². The molecule has 0 radical (unpaired) electrons. The Bertz CT molecular complexity index is 460. The second-order valence-electron chi connectivity index (χ2n) is 6.21. The van der Waals surface area contributed by atoms with E-state index in [4.69, 9.17) is 14.2 Å². The van der Waals surface area contributed by atoms with Crippen LogP contribution in [0.4, 0.5) is 0 Å². The molecule has 0 bridgehead atoms. The van der Waals surface area contributed by atoms with Gasteiger partial charge < -0.3 is 14.2 Å². The molecule has 25 heavy (non-hydrogen) atoms. The van der Waals surface area contributed by atoms with Gasteiger partial charge in [0.25, 0.3) is 0 Å². The van der Waals surface area contributed by atoms with Gasteiger partial charge in [-0.25, -0.2) is 4.79 Å². The number of rotatable bonds is 14. The average Bonchev–Trinajstić information content (AvgIpc) is 2.64. The second-order valence-corrected chi connectivity index (χ2v) is 6.21. The van der Waals surface area contributed by atoms with Crippen LogP contribution in [0.25, 0.3) is 0 Å². The van der Waals surface area contributed by atoms with Crippen molar-refractivity contribution in [2.75, 3.05) is 13.2 Å². The van der Waals surface area contributed by atoms with Gasteiger partial charge >= 0.3 is 11.8 Å². The largest absolute Gasteiger partial charge is 0.461 e. The zero-order valence-corrected chi connectivity index (χ0v) is 16.1. The average molecular weight is 350 g/mol. The van der Waals surface area contributed by atoms with Gasteiger partial charge in [0.05, 0.1) is 6.61 Å². The molecule has 0 aromatic heterocycles. The number of unbranched alkanes of at least 4 members (excludes halogenated alkanes) is 6. The normalized spacial score (nSPS) is 13.2. The SMILES string of the molecule is CCCCCCCCCOC(=O)C(CC)(OCC)Oc1ccccc1. The van der Waals surface area contributed by atoms with Crippen LogP contribution < -0.4 is 4.74 Å². The van der Waals surface area contributed by atoms with Crippen LogP contribution in [0, 0.1) is 0 Å². The summed E-state index contributed by atoms with van der Waals surface area (Å²) < 4.78 is 17.0. The molecule has 0 heterocycles. The molecule has 1 unspecified atom stereocenters. The highest BCUT2D eigenvalue weighted by molar-refractivity contribution is 5.78. The van der Waals surface area contributed by atoms with E-state index in [1.807, 2.05) is 44.2 Å². The van der Waals surface area contributed by atoms with E-state index in [0.717, 1.165) is 12.8 Å². The van der Waals surface area contributed by atoms with Gasteiger partial charge in [-0.15, -0.1) is 0 Å². The lowest BCUT2D eigenvalue weighted by molar-refractivity contribution is -0.217. The highest BCUT2D eigenvalue weighted by Crippen LogP contribution is 2.24. The number of hydrogen-bond donors (Lipinski definition) is 0. The van der Waals surface area contributed by atoms with E-state index < -0.39 is 11.8 Å². The molecule has 4 nitrogen and oxygen atoms in total. The second kappa shape index (κ2) is 12.8. The first-order valence-corrected chi connectivity index (χ1v) is 9.73. The van der Waals surface area contributed by atoms with Crippen LogP contribution in [0.2, 0.25) is 0 Å². The van der Waals surface area contributed by atoms with Crippen LogP contribution in [0.1, 0.15) is 72.1 Å². The molecule has 1 aromatic carbocycles. The first kappa shape index (κ1) is 21.5. The summed E-state index contributed by atoms with van der Waals surface area (Å²) in [7, 11) is 0. The lowest BCUT2D eigenvalue weighted by Crippen LogP contribution is -2.48. The van der Waals surface area contributed by atoms with Crippen molar-refractivity contribution in [3.05, 3.63) is 30.3 Å². The summed E-state index contributed by atoms with van der Waals surface area (Å²) in [5.41, 5.74) is 0. The standard InChI is InChI=1S/C21H34O4/c1-4-7-8-9-10-11-15-18-23-20(22)21(5-2,24-6-3)25-19-16-13-12-14-17-19/h12-14,16-17H,4-11,15,18H2,1-3H3. The number of ether oxygens (including phenoxy) is 3. The van der Waals surface area contributed by atoms with Gasteiger partial charge in [-0.05, 0) is 25.5 Å². The van der Waals surface area contributed by atoms with E-state index in [1.54, 1.807) is 0 Å². The third-order valence-corrected chi connectivity index (χ3v) is 4.16. The lowest BCUT2D eigenvalue weighted by atomic mass is 10.1. The highest BCUT2D eigenvalue weighted by atomic mass is 16.7. The number of hydrogen-bond acceptors (Lipinski definition) is 4. The number of esters is 1. The Balaban J connectivity index is 2.45. The third kappa shape index (κ3) is 7.91. The summed E-state index contributed by atoms with van der Waals surface area (Å²) in [5.74, 6) is -1.20. The highest BCUT2D eigenvalue weighted by Gasteiger charge is 2.42. The van der Waals surface area contributed by atoms with Gasteiger partial charge in [0.2, 0.25) is 0 Å². The molecular formula is C21H34O4. The first-order chi connectivity index (χ1) is 12.2. The predicted octanol–water partition coefficient (Wildman–Crippen LogP) is 5.50. The monoisotopic (exact) mass is 350 g/mol. The fourth-order valence-corrected chi connectivity index (χ4v) is 2.69. The predicted molar refractivity (Wildman–Crippen MR) is 101 cm³/mol. The summed E-state index contributed by atoms with van der Waals surface area (Å²) in [6, 6.07) is 9.26. The smallest absolute Gasteiger partial charge is 0.379 e. The van der Waals surface area contributed by atoms with Gasteiger partial charge in [0.1, 0.15) is 5.75 Å². The summed E-state index contributed by atoms with van der Waals surface area (Å²) in [4.78, 5) is 12.6. The quantitative estimate of drug-likeness (QED) is 0.252. The van der Waals surface area contributed by atoms with Gasteiger partial charge in [-0.3, -0.25) is 0 Å². The van der Waals surface area contributed by atoms with Crippen molar-refractivity contribution in [1.82, 2.24) is 0 Å². The molecule has 0 spiro atoms. The van der Waals surface area contributed by atoms with Gasteiger partial charge in [0, 0.05) is 13.0 Å². The Morgan fingerprint density at radius 2 is 1.56 bits per heavy atom. The first-order valence-electron chi connectivity index (χ1n) is 9.73. The molecule has 0 aliphatic rings. The minimum atomic E-state index is -1.36. The lowest BCUT2D eigenvalue weighted by Gasteiger charge is -2.30. The van der Waals surface area contributed by atoms with E-state index in [2.05, 4.69) is 6.92 Å². The van der Waals surface area contributed by atoms with E-state index in [9.17, 15) is 4.79 Å². The minimum Gasteiger partial charge on any atom is -0.461 e. The van der Waals surface area contributed by atoms with Crippen molar-refractivity contribution in [2.24, 2.45) is 0 Å².